The lowest BCUT2D eigenvalue weighted by molar-refractivity contribution is -0.140. The van der Waals surface area contributed by atoms with Gasteiger partial charge in [-0.1, -0.05) is 11.6 Å². The minimum absolute atomic E-state index is 0.279. The first-order valence-electron chi connectivity index (χ1n) is 5.22. The van der Waals surface area contributed by atoms with E-state index in [4.69, 9.17) is 21.8 Å². The molecule has 0 aliphatic rings. The van der Waals surface area contributed by atoms with Crippen molar-refractivity contribution < 1.29 is 36.6 Å². The van der Waals surface area contributed by atoms with Crippen molar-refractivity contribution in [2.75, 3.05) is 6.61 Å². The molecule has 6 nitrogen and oxygen atoms in total. The summed E-state index contributed by atoms with van der Waals surface area (Å²) in [6.45, 7) is -1.08. The van der Waals surface area contributed by atoms with Crippen molar-refractivity contribution >= 4 is 27.6 Å². The summed E-state index contributed by atoms with van der Waals surface area (Å²) in [5.74, 6) is -1.69. The summed E-state index contributed by atoms with van der Waals surface area (Å²) in [6.07, 6.45) is -4.79. The van der Waals surface area contributed by atoms with Gasteiger partial charge in [-0.05, 0) is 18.2 Å². The van der Waals surface area contributed by atoms with Crippen LogP contribution < -0.4 is 4.72 Å². The van der Waals surface area contributed by atoms with E-state index in [1.54, 1.807) is 4.72 Å². The normalized spacial score (nSPS) is 14.0. The number of aliphatic carboxylic acids is 1. The van der Waals surface area contributed by atoms with Gasteiger partial charge >= 0.3 is 12.1 Å². The van der Waals surface area contributed by atoms with Gasteiger partial charge in [-0.3, -0.25) is 4.79 Å². The lowest BCUT2D eigenvalue weighted by Crippen LogP contribution is -2.43. The Morgan fingerprint density at radius 2 is 1.95 bits per heavy atom. The number of alkyl halides is 3. The number of rotatable bonds is 5. The SMILES string of the molecule is O=C(O)[C@@H](CO)NS(=O)(=O)c1cc(C(F)(F)F)ccc1Cl. The van der Waals surface area contributed by atoms with Gasteiger partial charge in [-0.15, -0.1) is 0 Å². The summed E-state index contributed by atoms with van der Waals surface area (Å²) in [5.41, 5.74) is -1.26. The molecule has 0 heterocycles. The van der Waals surface area contributed by atoms with Crippen molar-refractivity contribution in [3.8, 4) is 0 Å². The van der Waals surface area contributed by atoms with Crippen LogP contribution in [0.2, 0.25) is 5.02 Å². The van der Waals surface area contributed by atoms with Crippen LogP contribution in [0.25, 0.3) is 0 Å². The fourth-order valence-corrected chi connectivity index (χ4v) is 3.01. The Labute approximate surface area is 122 Å². The maximum Gasteiger partial charge on any atom is 0.416 e. The number of carboxylic acids is 1. The minimum atomic E-state index is -4.79. The topological polar surface area (TPSA) is 104 Å². The van der Waals surface area contributed by atoms with E-state index in [-0.39, 0.29) is 6.07 Å². The van der Waals surface area contributed by atoms with E-state index in [0.29, 0.717) is 6.07 Å². The minimum Gasteiger partial charge on any atom is -0.480 e. The van der Waals surface area contributed by atoms with Crippen LogP contribution >= 0.6 is 11.6 Å². The van der Waals surface area contributed by atoms with Crippen LogP contribution in [0.1, 0.15) is 5.56 Å². The first-order valence-corrected chi connectivity index (χ1v) is 7.08. The van der Waals surface area contributed by atoms with Gasteiger partial charge in [-0.25, -0.2) is 8.42 Å². The molecule has 0 spiro atoms. The fourth-order valence-electron chi connectivity index (χ4n) is 1.30. The largest absolute Gasteiger partial charge is 0.480 e. The van der Waals surface area contributed by atoms with E-state index in [0.717, 1.165) is 6.07 Å². The Hall–Kier alpha value is -1.36. The second-order valence-corrected chi connectivity index (χ2v) is 5.93. The second kappa shape index (κ2) is 6.18. The summed E-state index contributed by atoms with van der Waals surface area (Å²) in [7, 11) is -4.65. The molecule has 1 atom stereocenters. The predicted molar refractivity (Wildman–Crippen MR) is 65.3 cm³/mol. The zero-order chi connectivity index (χ0) is 16.4. The second-order valence-electron chi connectivity index (χ2n) is 3.84. The van der Waals surface area contributed by atoms with Gasteiger partial charge in [0.15, 0.2) is 0 Å². The number of nitrogens with one attached hydrogen (secondary N) is 1. The van der Waals surface area contributed by atoms with Crippen LogP contribution in [0.15, 0.2) is 23.1 Å². The third-order valence-electron chi connectivity index (χ3n) is 2.33. The molecule has 0 aliphatic heterocycles. The third kappa shape index (κ3) is 4.30. The molecule has 0 amide bonds. The van der Waals surface area contributed by atoms with E-state index >= 15 is 0 Å². The Morgan fingerprint density at radius 3 is 2.38 bits per heavy atom. The smallest absolute Gasteiger partial charge is 0.416 e. The van der Waals surface area contributed by atoms with Crippen LogP contribution in [0.4, 0.5) is 13.2 Å². The lowest BCUT2D eigenvalue weighted by atomic mass is 10.2. The Kier molecular flexibility index (Phi) is 5.20. The van der Waals surface area contributed by atoms with Crippen molar-refractivity contribution in [3.63, 3.8) is 0 Å². The van der Waals surface area contributed by atoms with Crippen molar-refractivity contribution in [1.82, 2.24) is 4.72 Å². The van der Waals surface area contributed by atoms with E-state index in [9.17, 15) is 26.4 Å². The molecule has 21 heavy (non-hydrogen) atoms. The highest BCUT2D eigenvalue weighted by atomic mass is 35.5. The van der Waals surface area contributed by atoms with Crippen LogP contribution in [0, 0.1) is 0 Å². The van der Waals surface area contributed by atoms with Gasteiger partial charge in [0.2, 0.25) is 10.0 Å². The standard InChI is InChI=1S/C10H9ClF3NO5S/c11-6-2-1-5(10(12,13)14)3-8(6)21(19,20)15-7(4-16)9(17)18/h1-3,7,15-16H,4H2,(H,17,18)/t7-/m1/s1. The molecule has 0 saturated carbocycles. The van der Waals surface area contributed by atoms with Crippen molar-refractivity contribution in [2.45, 2.75) is 17.1 Å². The zero-order valence-electron chi connectivity index (χ0n) is 10.1. The number of carboxylic acid groups (broad SMARTS) is 1. The fraction of sp³-hybridized carbons (Fsp3) is 0.300. The zero-order valence-corrected chi connectivity index (χ0v) is 11.6. The summed E-state index contributed by atoms with van der Waals surface area (Å²) in [4.78, 5) is 9.72. The third-order valence-corrected chi connectivity index (χ3v) is 4.28. The quantitative estimate of drug-likeness (QED) is 0.739. The molecule has 11 heteroatoms. The highest BCUT2D eigenvalue weighted by Gasteiger charge is 2.33. The average molecular weight is 348 g/mol. The molecular weight excluding hydrogens is 339 g/mol. The van der Waals surface area contributed by atoms with E-state index in [1.807, 2.05) is 0 Å². The van der Waals surface area contributed by atoms with Gasteiger partial charge in [0.1, 0.15) is 10.9 Å². The first-order chi connectivity index (χ1) is 9.49. The molecule has 0 bridgehead atoms. The lowest BCUT2D eigenvalue weighted by Gasteiger charge is -2.14. The first kappa shape index (κ1) is 17.7. The van der Waals surface area contributed by atoms with Crippen molar-refractivity contribution in [3.05, 3.63) is 28.8 Å². The van der Waals surface area contributed by atoms with E-state index in [2.05, 4.69) is 0 Å². The molecule has 0 aromatic heterocycles. The summed E-state index contributed by atoms with van der Waals surface area (Å²) < 4.78 is 62.9. The summed E-state index contributed by atoms with van der Waals surface area (Å²) in [5, 5.41) is 16.9. The number of halogens is 4. The van der Waals surface area contributed by atoms with Gasteiger partial charge in [-0.2, -0.15) is 17.9 Å². The molecule has 3 N–H and O–H groups in total. The Morgan fingerprint density at radius 1 is 1.38 bits per heavy atom. The molecule has 0 aliphatic carbocycles. The molecular formula is C10H9ClF3NO5S. The number of benzene rings is 1. The van der Waals surface area contributed by atoms with Crippen LogP contribution in [0.3, 0.4) is 0 Å². The molecule has 1 rings (SSSR count). The van der Waals surface area contributed by atoms with Gasteiger partial charge in [0, 0.05) is 0 Å². The molecule has 1 aromatic carbocycles. The van der Waals surface area contributed by atoms with Gasteiger partial charge in [0.05, 0.1) is 17.2 Å². The highest BCUT2D eigenvalue weighted by Crippen LogP contribution is 2.33. The molecule has 0 radical (unpaired) electrons. The number of hydrogen-bond donors (Lipinski definition) is 3. The average Bonchev–Trinajstić information content (AvgIpc) is 2.34. The monoisotopic (exact) mass is 347 g/mol. The molecule has 1 aromatic rings. The van der Waals surface area contributed by atoms with E-state index in [1.165, 1.54) is 0 Å². The van der Waals surface area contributed by atoms with Crippen LogP contribution in [-0.2, 0) is 21.0 Å². The number of carbonyl (C=O) groups is 1. The van der Waals surface area contributed by atoms with Crippen molar-refractivity contribution in [1.29, 1.82) is 0 Å². The number of aliphatic hydroxyl groups is 1. The predicted octanol–water partition coefficient (Wildman–Crippen LogP) is 1.08. The Balaban J connectivity index is 3.28. The highest BCUT2D eigenvalue weighted by molar-refractivity contribution is 7.89. The van der Waals surface area contributed by atoms with Gasteiger partial charge in [0.25, 0.3) is 0 Å². The van der Waals surface area contributed by atoms with Crippen molar-refractivity contribution in [2.24, 2.45) is 0 Å². The summed E-state index contributed by atoms with van der Waals surface area (Å²) in [6, 6.07) is -0.308. The maximum atomic E-state index is 12.6. The van der Waals surface area contributed by atoms with Gasteiger partial charge < -0.3 is 10.2 Å². The molecule has 0 saturated heterocycles. The number of sulfonamides is 1. The number of hydrogen-bond acceptors (Lipinski definition) is 4. The van der Waals surface area contributed by atoms with Crippen LogP contribution in [-0.4, -0.2) is 37.2 Å². The Bertz CT molecular complexity index is 647. The molecule has 0 unspecified atom stereocenters. The molecule has 0 fully saturated rings. The summed E-state index contributed by atoms with van der Waals surface area (Å²) >= 11 is 5.54. The van der Waals surface area contributed by atoms with E-state index < -0.39 is 50.3 Å². The molecule has 118 valence electrons. The van der Waals surface area contributed by atoms with Crippen LogP contribution in [0.5, 0.6) is 0 Å². The number of aliphatic hydroxyl groups excluding tert-OH is 1. The maximum absolute atomic E-state index is 12.6.